The van der Waals surface area contributed by atoms with Crippen LogP contribution in [0.4, 0.5) is 0 Å². The van der Waals surface area contributed by atoms with Gasteiger partial charge in [-0.2, -0.15) is 0 Å². The number of hydrogen-bond acceptors (Lipinski definition) is 2. The van der Waals surface area contributed by atoms with E-state index in [0.29, 0.717) is 21.3 Å². The van der Waals surface area contributed by atoms with Crippen molar-refractivity contribution in [2.75, 3.05) is 0 Å². The summed E-state index contributed by atoms with van der Waals surface area (Å²) >= 11 is 0. The van der Waals surface area contributed by atoms with Crippen LogP contribution in [0.5, 0.6) is 0 Å². The summed E-state index contributed by atoms with van der Waals surface area (Å²) in [6, 6.07) is 26.8. The highest BCUT2D eigenvalue weighted by atomic mass is 32.2. The van der Waals surface area contributed by atoms with Crippen molar-refractivity contribution in [1.82, 2.24) is 0 Å². The van der Waals surface area contributed by atoms with Gasteiger partial charge in [-0.1, -0.05) is 72.8 Å². The third-order valence-corrected chi connectivity index (χ3v) is 6.63. The van der Waals surface area contributed by atoms with Gasteiger partial charge < -0.3 is 0 Å². The normalized spacial score (nSPS) is 13.3. The molecular formula is C20H18O2S2. The van der Waals surface area contributed by atoms with Gasteiger partial charge in [-0.05, 0) is 23.3 Å². The van der Waals surface area contributed by atoms with E-state index in [0.717, 1.165) is 11.1 Å². The molecule has 0 saturated carbocycles. The molecule has 0 spiro atoms. The molecule has 0 aliphatic rings. The molecule has 2 unspecified atom stereocenters. The van der Waals surface area contributed by atoms with Crippen molar-refractivity contribution >= 4 is 21.6 Å². The predicted molar refractivity (Wildman–Crippen MR) is 99.6 cm³/mol. The van der Waals surface area contributed by atoms with E-state index in [-0.39, 0.29) is 0 Å². The summed E-state index contributed by atoms with van der Waals surface area (Å²) in [6.45, 7) is 0. The maximum Gasteiger partial charge on any atom is 0.0586 e. The Balaban J connectivity index is 1.82. The molecule has 24 heavy (non-hydrogen) atoms. The van der Waals surface area contributed by atoms with Crippen LogP contribution in [0.25, 0.3) is 0 Å². The molecule has 2 nitrogen and oxygen atoms in total. The zero-order chi connectivity index (χ0) is 16.8. The van der Waals surface area contributed by atoms with E-state index in [2.05, 4.69) is 0 Å². The van der Waals surface area contributed by atoms with Gasteiger partial charge in [0.15, 0.2) is 0 Å². The first kappa shape index (κ1) is 16.8. The first-order valence-electron chi connectivity index (χ1n) is 7.67. The molecule has 0 aliphatic carbocycles. The minimum absolute atomic E-state index is 0.431. The average Bonchev–Trinajstić information content (AvgIpc) is 2.63. The SMILES string of the molecule is O=S(Cc1ccccc1)c1ccccc1S(=O)Cc1ccccc1. The molecule has 122 valence electrons. The van der Waals surface area contributed by atoms with Crippen molar-refractivity contribution in [3.8, 4) is 0 Å². The Morgan fingerprint density at radius 3 is 1.21 bits per heavy atom. The van der Waals surface area contributed by atoms with Gasteiger partial charge in [-0.3, -0.25) is 8.42 Å². The van der Waals surface area contributed by atoms with Gasteiger partial charge in [0, 0.05) is 0 Å². The van der Waals surface area contributed by atoms with Crippen LogP contribution >= 0.6 is 0 Å². The van der Waals surface area contributed by atoms with Gasteiger partial charge in [0.05, 0.1) is 42.9 Å². The van der Waals surface area contributed by atoms with E-state index in [1.165, 1.54) is 0 Å². The summed E-state index contributed by atoms with van der Waals surface area (Å²) < 4.78 is 25.5. The molecule has 2 atom stereocenters. The van der Waals surface area contributed by atoms with Crippen molar-refractivity contribution in [2.24, 2.45) is 0 Å². The molecule has 3 aromatic carbocycles. The first-order chi connectivity index (χ1) is 11.7. The van der Waals surface area contributed by atoms with Crippen molar-refractivity contribution in [2.45, 2.75) is 21.3 Å². The van der Waals surface area contributed by atoms with Crippen molar-refractivity contribution in [1.29, 1.82) is 0 Å². The lowest BCUT2D eigenvalue weighted by Crippen LogP contribution is -2.04. The molecule has 3 aromatic rings. The van der Waals surface area contributed by atoms with Gasteiger partial charge in [-0.25, -0.2) is 0 Å². The predicted octanol–water partition coefficient (Wildman–Crippen LogP) is 4.30. The van der Waals surface area contributed by atoms with Crippen molar-refractivity contribution in [3.05, 3.63) is 96.1 Å². The van der Waals surface area contributed by atoms with E-state index in [4.69, 9.17) is 0 Å². The molecule has 3 rings (SSSR count). The second-order valence-corrected chi connectivity index (χ2v) is 8.24. The topological polar surface area (TPSA) is 34.1 Å². The van der Waals surface area contributed by atoms with Crippen LogP contribution in [-0.2, 0) is 33.1 Å². The van der Waals surface area contributed by atoms with Gasteiger partial charge in [-0.15, -0.1) is 0 Å². The zero-order valence-electron chi connectivity index (χ0n) is 13.1. The van der Waals surface area contributed by atoms with Gasteiger partial charge >= 0.3 is 0 Å². The maximum absolute atomic E-state index is 12.8. The highest BCUT2D eigenvalue weighted by Gasteiger charge is 2.15. The Morgan fingerprint density at radius 2 is 0.833 bits per heavy atom. The Labute approximate surface area is 147 Å². The highest BCUT2D eigenvalue weighted by molar-refractivity contribution is 7.87. The van der Waals surface area contributed by atoms with Crippen LogP contribution < -0.4 is 0 Å². The molecule has 4 heteroatoms. The number of benzene rings is 3. The fourth-order valence-electron chi connectivity index (χ4n) is 2.43. The van der Waals surface area contributed by atoms with Crippen LogP contribution in [-0.4, -0.2) is 8.42 Å². The molecule has 0 bridgehead atoms. The van der Waals surface area contributed by atoms with Crippen LogP contribution in [0.3, 0.4) is 0 Å². The zero-order valence-corrected chi connectivity index (χ0v) is 14.8. The molecular weight excluding hydrogens is 336 g/mol. The molecule has 0 radical (unpaired) electrons. The maximum atomic E-state index is 12.8. The molecule has 0 aromatic heterocycles. The van der Waals surface area contributed by atoms with Gasteiger partial charge in [0.25, 0.3) is 0 Å². The summed E-state index contributed by atoms with van der Waals surface area (Å²) in [5, 5.41) is 0. The highest BCUT2D eigenvalue weighted by Crippen LogP contribution is 2.22. The fraction of sp³-hybridized carbons (Fsp3) is 0.100. The molecule has 0 heterocycles. The van der Waals surface area contributed by atoms with E-state index in [1.807, 2.05) is 84.9 Å². The average molecular weight is 354 g/mol. The molecule has 0 amide bonds. The Kier molecular flexibility index (Phi) is 5.72. The summed E-state index contributed by atoms with van der Waals surface area (Å²) in [5.74, 6) is 0.862. The second kappa shape index (κ2) is 8.18. The Bertz CT molecular complexity index is 773. The van der Waals surface area contributed by atoms with Crippen LogP contribution in [0.2, 0.25) is 0 Å². The lowest BCUT2D eigenvalue weighted by Gasteiger charge is -2.09. The molecule has 0 N–H and O–H groups in total. The van der Waals surface area contributed by atoms with Crippen molar-refractivity contribution < 1.29 is 8.42 Å². The monoisotopic (exact) mass is 354 g/mol. The standard InChI is InChI=1S/C20H18O2S2/c21-23(15-17-9-3-1-4-10-17)19-13-7-8-14-20(19)24(22)16-18-11-5-2-6-12-18/h1-14H,15-16H2. The fourth-order valence-corrected chi connectivity index (χ4v) is 5.34. The quantitative estimate of drug-likeness (QED) is 0.661. The summed E-state index contributed by atoms with van der Waals surface area (Å²) in [5.41, 5.74) is 2.03. The smallest absolute Gasteiger partial charge is 0.0586 e. The van der Waals surface area contributed by atoms with E-state index < -0.39 is 21.6 Å². The summed E-state index contributed by atoms with van der Waals surface area (Å²) in [4.78, 5) is 1.33. The summed E-state index contributed by atoms with van der Waals surface area (Å²) in [7, 11) is -2.44. The lowest BCUT2D eigenvalue weighted by molar-refractivity contribution is 0.674. The molecule has 0 fully saturated rings. The second-order valence-electron chi connectivity index (χ2n) is 5.40. The van der Waals surface area contributed by atoms with Crippen LogP contribution in [0.1, 0.15) is 11.1 Å². The lowest BCUT2D eigenvalue weighted by atomic mass is 10.2. The number of hydrogen-bond donors (Lipinski definition) is 0. The number of rotatable bonds is 6. The van der Waals surface area contributed by atoms with Crippen molar-refractivity contribution in [3.63, 3.8) is 0 Å². The van der Waals surface area contributed by atoms with E-state index >= 15 is 0 Å². The first-order valence-corrected chi connectivity index (χ1v) is 10.3. The Morgan fingerprint density at radius 1 is 0.500 bits per heavy atom. The minimum Gasteiger partial charge on any atom is -0.254 e. The Hall–Kier alpha value is -2.04. The third-order valence-electron chi connectivity index (χ3n) is 3.62. The largest absolute Gasteiger partial charge is 0.254 e. The minimum atomic E-state index is -1.22. The van der Waals surface area contributed by atoms with Crippen LogP contribution in [0.15, 0.2) is 94.7 Å². The molecule has 0 aliphatic heterocycles. The summed E-state index contributed by atoms with van der Waals surface area (Å²) in [6.07, 6.45) is 0. The van der Waals surface area contributed by atoms with E-state index in [1.54, 1.807) is 0 Å². The van der Waals surface area contributed by atoms with Gasteiger partial charge in [0.2, 0.25) is 0 Å². The van der Waals surface area contributed by atoms with E-state index in [9.17, 15) is 8.42 Å². The third kappa shape index (κ3) is 4.28. The van der Waals surface area contributed by atoms with Crippen LogP contribution in [0, 0.1) is 0 Å². The molecule has 0 saturated heterocycles. The van der Waals surface area contributed by atoms with Gasteiger partial charge in [0.1, 0.15) is 0 Å².